The molecule has 0 unspecified atom stereocenters. The molecule has 0 fully saturated rings. The van der Waals surface area contributed by atoms with Crippen molar-refractivity contribution < 1.29 is 18.7 Å². The lowest BCUT2D eigenvalue weighted by molar-refractivity contribution is 0.0694. The molecule has 0 aliphatic rings. The zero-order valence-electron chi connectivity index (χ0n) is 7.80. The number of hydrogen-bond donors (Lipinski definition) is 1. The van der Waals surface area contributed by atoms with Crippen molar-refractivity contribution in [2.24, 2.45) is 0 Å². The maximum Gasteiger partial charge on any atom is 0.337 e. The van der Waals surface area contributed by atoms with Gasteiger partial charge in [0.1, 0.15) is 5.69 Å². The topological polar surface area (TPSA) is 50.2 Å². The number of carbonyl (C=O) groups is 1. The third-order valence-electron chi connectivity index (χ3n) is 1.89. The molecule has 1 rings (SSSR count). The maximum absolute atomic E-state index is 12.4. The zero-order chi connectivity index (χ0) is 11.6. The number of carboxylic acid groups (broad SMARTS) is 1. The van der Waals surface area contributed by atoms with Crippen molar-refractivity contribution in [2.45, 2.75) is 19.2 Å². The van der Waals surface area contributed by atoms with Crippen LogP contribution in [0.2, 0.25) is 0 Å². The summed E-state index contributed by atoms with van der Waals surface area (Å²) in [5.41, 5.74) is -0.441. The molecule has 82 valence electrons. The van der Waals surface area contributed by atoms with Gasteiger partial charge in [0.25, 0.3) is 6.43 Å². The third-order valence-corrected chi connectivity index (χ3v) is 2.15. The van der Waals surface area contributed by atoms with Gasteiger partial charge in [-0.15, -0.1) is 11.6 Å². The number of pyridine rings is 1. The number of aromatic carboxylic acids is 1. The fourth-order valence-electron chi connectivity index (χ4n) is 1.18. The Morgan fingerprint density at radius 2 is 2.27 bits per heavy atom. The Hall–Kier alpha value is -1.23. The van der Waals surface area contributed by atoms with Crippen LogP contribution in [-0.4, -0.2) is 16.1 Å². The van der Waals surface area contributed by atoms with Gasteiger partial charge in [0.15, 0.2) is 0 Å². The summed E-state index contributed by atoms with van der Waals surface area (Å²) in [6.07, 6.45) is -2.73. The summed E-state index contributed by atoms with van der Waals surface area (Å²) in [7, 11) is 0. The smallest absolute Gasteiger partial charge is 0.337 e. The molecule has 1 aromatic heterocycles. The molecule has 0 aliphatic carbocycles. The molecule has 0 spiro atoms. The second-order valence-corrected chi connectivity index (χ2v) is 3.19. The van der Waals surface area contributed by atoms with E-state index in [9.17, 15) is 13.6 Å². The SMILES string of the molecule is Cc1cc(C(=O)O)c(CCl)nc1C(F)F. The third kappa shape index (κ3) is 2.41. The minimum absolute atomic E-state index is 0.0370. The predicted octanol–water partition coefficient (Wildman–Crippen LogP) is 2.76. The highest BCUT2D eigenvalue weighted by Gasteiger charge is 2.18. The maximum atomic E-state index is 12.4. The van der Waals surface area contributed by atoms with Crippen molar-refractivity contribution in [1.29, 1.82) is 0 Å². The van der Waals surface area contributed by atoms with Gasteiger partial charge in [-0.05, 0) is 18.6 Å². The molecular formula is C9H8ClF2NO2. The van der Waals surface area contributed by atoms with Crippen molar-refractivity contribution >= 4 is 17.6 Å². The Morgan fingerprint density at radius 3 is 2.67 bits per heavy atom. The summed E-state index contributed by atoms with van der Waals surface area (Å²) in [5.74, 6) is -1.43. The van der Waals surface area contributed by atoms with Gasteiger partial charge in [-0.25, -0.2) is 18.6 Å². The van der Waals surface area contributed by atoms with Crippen molar-refractivity contribution in [2.75, 3.05) is 0 Å². The minimum atomic E-state index is -2.73. The van der Waals surface area contributed by atoms with Gasteiger partial charge < -0.3 is 5.11 Å². The van der Waals surface area contributed by atoms with Gasteiger partial charge in [-0.2, -0.15) is 0 Å². The minimum Gasteiger partial charge on any atom is -0.478 e. The molecule has 0 saturated carbocycles. The molecular weight excluding hydrogens is 228 g/mol. The lowest BCUT2D eigenvalue weighted by Crippen LogP contribution is -2.08. The van der Waals surface area contributed by atoms with E-state index in [1.165, 1.54) is 6.92 Å². The first-order valence-electron chi connectivity index (χ1n) is 4.05. The summed E-state index contributed by atoms with van der Waals surface area (Å²) in [4.78, 5) is 14.3. The number of carboxylic acids is 1. The molecule has 1 aromatic rings. The Bertz CT molecular complexity index is 396. The number of rotatable bonds is 3. The molecule has 0 saturated heterocycles. The van der Waals surface area contributed by atoms with Crippen LogP contribution >= 0.6 is 11.6 Å². The van der Waals surface area contributed by atoms with Crippen molar-refractivity contribution in [3.63, 3.8) is 0 Å². The van der Waals surface area contributed by atoms with E-state index >= 15 is 0 Å². The van der Waals surface area contributed by atoms with Gasteiger partial charge in [-0.1, -0.05) is 0 Å². The highest BCUT2D eigenvalue weighted by molar-refractivity contribution is 6.17. The van der Waals surface area contributed by atoms with Crippen LogP contribution in [0.1, 0.15) is 33.7 Å². The standard InChI is InChI=1S/C9H8ClF2NO2/c1-4-2-5(9(14)15)6(3-10)13-7(4)8(11)12/h2,8H,3H2,1H3,(H,14,15). The van der Waals surface area contributed by atoms with Crippen LogP contribution in [0.4, 0.5) is 8.78 Å². The quantitative estimate of drug-likeness (QED) is 0.820. The first-order chi connectivity index (χ1) is 6.97. The molecule has 0 radical (unpaired) electrons. The first-order valence-corrected chi connectivity index (χ1v) is 4.58. The van der Waals surface area contributed by atoms with E-state index in [0.717, 1.165) is 6.07 Å². The molecule has 1 N–H and O–H groups in total. The molecule has 15 heavy (non-hydrogen) atoms. The second-order valence-electron chi connectivity index (χ2n) is 2.92. The fourth-order valence-corrected chi connectivity index (χ4v) is 1.38. The van der Waals surface area contributed by atoms with Crippen LogP contribution in [0.5, 0.6) is 0 Å². The van der Waals surface area contributed by atoms with Gasteiger partial charge in [0.05, 0.1) is 17.1 Å². The summed E-state index contributed by atoms with van der Waals surface area (Å²) in [6.45, 7) is 1.39. The van der Waals surface area contributed by atoms with Crippen LogP contribution in [0.25, 0.3) is 0 Å². The van der Waals surface area contributed by atoms with Gasteiger partial charge in [0.2, 0.25) is 0 Å². The van der Waals surface area contributed by atoms with Crippen LogP contribution in [-0.2, 0) is 5.88 Å². The number of alkyl halides is 3. The largest absolute Gasteiger partial charge is 0.478 e. The molecule has 0 aromatic carbocycles. The number of hydrogen-bond acceptors (Lipinski definition) is 2. The summed E-state index contributed by atoms with van der Waals surface area (Å²) >= 11 is 5.43. The lowest BCUT2D eigenvalue weighted by atomic mass is 10.1. The zero-order valence-corrected chi connectivity index (χ0v) is 8.55. The van der Waals surface area contributed by atoms with Crippen LogP contribution < -0.4 is 0 Å². The van der Waals surface area contributed by atoms with Crippen molar-refractivity contribution in [1.82, 2.24) is 4.98 Å². The van der Waals surface area contributed by atoms with Gasteiger partial charge >= 0.3 is 5.97 Å². The van der Waals surface area contributed by atoms with E-state index in [1.54, 1.807) is 0 Å². The normalized spacial score (nSPS) is 10.7. The number of aryl methyl sites for hydroxylation is 1. The van der Waals surface area contributed by atoms with Crippen LogP contribution in [0.3, 0.4) is 0 Å². The molecule has 0 atom stereocenters. The van der Waals surface area contributed by atoms with Crippen molar-refractivity contribution in [3.8, 4) is 0 Å². The predicted molar refractivity (Wildman–Crippen MR) is 50.4 cm³/mol. The lowest BCUT2D eigenvalue weighted by Gasteiger charge is -2.08. The number of halogens is 3. The molecule has 1 heterocycles. The monoisotopic (exact) mass is 235 g/mol. The molecule has 6 heteroatoms. The Labute approximate surface area is 89.7 Å². The highest BCUT2D eigenvalue weighted by atomic mass is 35.5. The van der Waals surface area contributed by atoms with E-state index < -0.39 is 18.1 Å². The first kappa shape index (κ1) is 11.8. The Balaban J connectivity index is 3.35. The van der Waals surface area contributed by atoms with E-state index in [0.29, 0.717) is 0 Å². The average Bonchev–Trinajstić information content (AvgIpc) is 2.16. The van der Waals surface area contributed by atoms with Crippen LogP contribution in [0, 0.1) is 6.92 Å². The van der Waals surface area contributed by atoms with E-state index in [4.69, 9.17) is 16.7 Å². The van der Waals surface area contributed by atoms with Gasteiger partial charge in [-0.3, -0.25) is 0 Å². The van der Waals surface area contributed by atoms with Gasteiger partial charge in [0, 0.05) is 0 Å². The molecule has 3 nitrogen and oxygen atoms in total. The Kier molecular flexibility index (Phi) is 3.57. The Morgan fingerprint density at radius 1 is 1.67 bits per heavy atom. The summed E-state index contributed by atoms with van der Waals surface area (Å²) in [6, 6.07) is 1.16. The average molecular weight is 236 g/mol. The second kappa shape index (κ2) is 4.53. The highest BCUT2D eigenvalue weighted by Crippen LogP contribution is 2.23. The van der Waals surface area contributed by atoms with E-state index in [2.05, 4.69) is 4.98 Å². The van der Waals surface area contributed by atoms with E-state index in [1.807, 2.05) is 0 Å². The fraction of sp³-hybridized carbons (Fsp3) is 0.333. The molecule has 0 amide bonds. The van der Waals surface area contributed by atoms with E-state index in [-0.39, 0.29) is 22.7 Å². The van der Waals surface area contributed by atoms with Crippen LogP contribution in [0.15, 0.2) is 6.07 Å². The number of aromatic nitrogens is 1. The van der Waals surface area contributed by atoms with Crippen molar-refractivity contribution in [3.05, 3.63) is 28.6 Å². The molecule has 0 bridgehead atoms. The summed E-state index contributed by atoms with van der Waals surface area (Å²) < 4.78 is 24.8. The number of nitrogens with zero attached hydrogens (tertiary/aromatic N) is 1. The summed E-state index contributed by atoms with van der Waals surface area (Å²) in [5, 5.41) is 8.76. The molecule has 0 aliphatic heterocycles.